The predicted molar refractivity (Wildman–Crippen MR) is 209 cm³/mol. The van der Waals surface area contributed by atoms with Crippen molar-refractivity contribution in [2.45, 2.75) is 176 Å². The third-order valence-corrected chi connectivity index (χ3v) is 11.7. The largest absolute Gasteiger partial charge is 0.493 e. The lowest BCUT2D eigenvalue weighted by atomic mass is 9.63. The van der Waals surface area contributed by atoms with E-state index in [0.29, 0.717) is 26.1 Å². The van der Waals surface area contributed by atoms with E-state index >= 15 is 0 Å². The molecule has 0 aromatic heterocycles. The summed E-state index contributed by atoms with van der Waals surface area (Å²) in [4.78, 5) is 27.5. The molecule has 12 heteroatoms. The summed E-state index contributed by atoms with van der Waals surface area (Å²) in [7, 11) is 1.51. The number of allylic oxidation sites excluding steroid dienone is 1. The number of esters is 1. The molecule has 0 spiro atoms. The van der Waals surface area contributed by atoms with Gasteiger partial charge in [-0.1, -0.05) is 41.5 Å². The fourth-order valence-corrected chi connectivity index (χ4v) is 8.18. The molecule has 1 aliphatic carbocycles. The van der Waals surface area contributed by atoms with E-state index in [1.807, 2.05) is 20.8 Å². The fraction of sp³-hybridized carbons (Fsp3) is 0.905. The quantitative estimate of drug-likeness (QED) is 0.149. The Morgan fingerprint density at radius 3 is 2.17 bits per heavy atom. The summed E-state index contributed by atoms with van der Waals surface area (Å²) >= 11 is 0. The molecule has 2 aliphatic heterocycles. The number of aliphatic hydroxyl groups is 2. The van der Waals surface area contributed by atoms with Gasteiger partial charge in [0, 0.05) is 25.4 Å². The average molecular weight is 769 g/mol. The molecule has 12 nitrogen and oxygen atoms in total. The van der Waals surface area contributed by atoms with E-state index in [-0.39, 0.29) is 71.8 Å². The van der Waals surface area contributed by atoms with Crippen molar-refractivity contribution < 1.29 is 48.2 Å². The predicted octanol–water partition coefficient (Wildman–Crippen LogP) is 6.46. The van der Waals surface area contributed by atoms with Gasteiger partial charge in [-0.05, 0) is 104 Å². The van der Waals surface area contributed by atoms with E-state index < -0.39 is 41.3 Å². The van der Waals surface area contributed by atoms with Crippen LogP contribution in [0.4, 0.5) is 4.79 Å². The standard InChI is InChI=1S/C42H76N2O10/c1-25-21-26(2)33(52-36-32(46)35(42(15,48)24-49-36)44(16)37(47)54-40(10,11)12)27(3)31(25)34-28(22-30(45)53-39(7,8)9)17-18-29(51-34)23-43-19-20-50-41(13,14)38(4,5)6/h18,25-28,31-36,43,46,48H,17,19-24H2,1-16H3/t25-,26+,27-,28-,31?,32+,33-,34-,35+,36+,42-/m0/s1. The first kappa shape index (κ1) is 46.4. The number of nitrogens with zero attached hydrogens (tertiary/aromatic N) is 1. The van der Waals surface area contributed by atoms with Gasteiger partial charge in [-0.3, -0.25) is 4.79 Å². The monoisotopic (exact) mass is 769 g/mol. The van der Waals surface area contributed by atoms with E-state index in [2.05, 4.69) is 66.8 Å². The minimum atomic E-state index is -1.55. The average Bonchev–Trinajstić information content (AvgIpc) is 2.98. The van der Waals surface area contributed by atoms with Crippen molar-refractivity contribution in [1.82, 2.24) is 10.2 Å². The van der Waals surface area contributed by atoms with Crippen molar-refractivity contribution in [2.75, 3.05) is 33.4 Å². The molecular weight excluding hydrogens is 692 g/mol. The first-order valence-corrected chi connectivity index (χ1v) is 20.1. The lowest BCUT2D eigenvalue weighted by Crippen LogP contribution is -2.67. The molecule has 0 radical (unpaired) electrons. The smallest absolute Gasteiger partial charge is 0.410 e. The number of hydrogen-bond donors (Lipinski definition) is 3. The van der Waals surface area contributed by atoms with Gasteiger partial charge in [0.25, 0.3) is 0 Å². The van der Waals surface area contributed by atoms with E-state index in [1.165, 1.54) is 18.9 Å². The van der Waals surface area contributed by atoms with Crippen LogP contribution in [-0.2, 0) is 33.2 Å². The van der Waals surface area contributed by atoms with Crippen LogP contribution in [0.15, 0.2) is 11.8 Å². The zero-order chi connectivity index (χ0) is 41.2. The van der Waals surface area contributed by atoms with Gasteiger partial charge in [0.1, 0.15) is 34.8 Å². The normalized spacial score (nSPS) is 34.1. The van der Waals surface area contributed by atoms with Crippen molar-refractivity contribution in [3.8, 4) is 0 Å². The van der Waals surface area contributed by atoms with Crippen molar-refractivity contribution in [2.24, 2.45) is 35.0 Å². The van der Waals surface area contributed by atoms with Gasteiger partial charge < -0.3 is 48.9 Å². The van der Waals surface area contributed by atoms with Crippen molar-refractivity contribution in [1.29, 1.82) is 0 Å². The summed E-state index contributed by atoms with van der Waals surface area (Å²) in [6.07, 6.45) is 0.0720. The van der Waals surface area contributed by atoms with Crippen LogP contribution >= 0.6 is 0 Å². The zero-order valence-corrected chi connectivity index (χ0v) is 36.4. The van der Waals surface area contributed by atoms with Crippen LogP contribution in [-0.4, -0.2) is 114 Å². The number of amides is 1. The summed E-state index contributed by atoms with van der Waals surface area (Å²) < 4.78 is 37.1. The number of nitrogens with one attached hydrogen (secondary N) is 1. The van der Waals surface area contributed by atoms with Gasteiger partial charge >= 0.3 is 12.1 Å². The fourth-order valence-electron chi connectivity index (χ4n) is 8.18. The highest BCUT2D eigenvalue weighted by Crippen LogP contribution is 2.47. The van der Waals surface area contributed by atoms with Crippen LogP contribution in [0.2, 0.25) is 0 Å². The SMILES string of the molecule is C[C@@H]1C[C@H](C)C([C@H]2OC(CNCCOC(C)(C)C(C)(C)C)=CC[C@H]2CC(=O)OC(C)(C)C)[C@H](C)[C@H]1O[C@H]1OC[C@](C)(O)[C@H](N(C)C(=O)OC(C)(C)C)[C@H]1O. The Morgan fingerprint density at radius 1 is 0.981 bits per heavy atom. The second-order valence-electron chi connectivity index (χ2n) is 20.1. The van der Waals surface area contributed by atoms with Gasteiger partial charge in [0.2, 0.25) is 0 Å². The molecule has 1 amide bonds. The lowest BCUT2D eigenvalue weighted by Gasteiger charge is -2.52. The number of ether oxygens (including phenoxy) is 6. The van der Waals surface area contributed by atoms with Crippen LogP contribution in [0.5, 0.6) is 0 Å². The van der Waals surface area contributed by atoms with Gasteiger partial charge in [0.15, 0.2) is 6.29 Å². The molecule has 1 unspecified atom stereocenters. The third-order valence-electron chi connectivity index (χ3n) is 11.7. The summed E-state index contributed by atoms with van der Waals surface area (Å²) in [6.45, 7) is 31.4. The molecule has 11 atom stereocenters. The molecule has 2 heterocycles. The Kier molecular flexibility index (Phi) is 15.2. The maximum absolute atomic E-state index is 13.2. The van der Waals surface area contributed by atoms with E-state index in [0.717, 1.165) is 12.2 Å². The van der Waals surface area contributed by atoms with E-state index in [4.69, 9.17) is 28.4 Å². The molecule has 54 heavy (non-hydrogen) atoms. The highest BCUT2D eigenvalue weighted by Gasteiger charge is 2.54. The molecule has 314 valence electrons. The van der Waals surface area contributed by atoms with Gasteiger partial charge in [-0.15, -0.1) is 0 Å². The molecule has 1 saturated carbocycles. The summed E-state index contributed by atoms with van der Waals surface area (Å²) in [5.74, 6) is 0.767. The van der Waals surface area contributed by atoms with Crippen molar-refractivity contribution >= 4 is 12.1 Å². The van der Waals surface area contributed by atoms with Crippen molar-refractivity contribution in [3.05, 3.63) is 11.8 Å². The van der Waals surface area contributed by atoms with Crippen molar-refractivity contribution in [3.63, 3.8) is 0 Å². The van der Waals surface area contributed by atoms with Crippen LogP contribution in [0.3, 0.4) is 0 Å². The molecule has 0 aromatic carbocycles. The molecule has 2 fully saturated rings. The topological polar surface area (TPSA) is 145 Å². The van der Waals surface area contributed by atoms with Gasteiger partial charge in [0.05, 0.1) is 43.9 Å². The van der Waals surface area contributed by atoms with E-state index in [9.17, 15) is 19.8 Å². The Morgan fingerprint density at radius 2 is 1.59 bits per heavy atom. The molecule has 3 N–H and O–H groups in total. The zero-order valence-electron chi connectivity index (χ0n) is 36.4. The number of carbonyl (C=O) groups is 2. The van der Waals surface area contributed by atoms with Crippen LogP contribution in [0.25, 0.3) is 0 Å². The maximum Gasteiger partial charge on any atom is 0.410 e. The molecule has 3 rings (SSSR count). The number of rotatable bonds is 12. The molecular formula is C42H76N2O10. The maximum atomic E-state index is 13.2. The number of likely N-dealkylation sites (N-methyl/N-ethyl adjacent to an activating group) is 1. The Hall–Kier alpha value is -1.96. The highest BCUT2D eigenvalue weighted by atomic mass is 16.7. The number of carbonyl (C=O) groups excluding carboxylic acids is 2. The third kappa shape index (κ3) is 12.3. The molecule has 3 aliphatic rings. The summed E-state index contributed by atoms with van der Waals surface area (Å²) in [5, 5.41) is 26.4. The Balaban J connectivity index is 1.81. The number of aliphatic hydroxyl groups excluding tert-OH is 1. The molecule has 0 aromatic rings. The van der Waals surface area contributed by atoms with Gasteiger partial charge in [-0.2, -0.15) is 0 Å². The second-order valence-corrected chi connectivity index (χ2v) is 20.1. The van der Waals surface area contributed by atoms with Crippen LogP contribution in [0.1, 0.15) is 123 Å². The van der Waals surface area contributed by atoms with Crippen LogP contribution in [0, 0.1) is 35.0 Å². The lowest BCUT2D eigenvalue weighted by molar-refractivity contribution is -0.304. The second kappa shape index (κ2) is 17.7. The minimum Gasteiger partial charge on any atom is -0.493 e. The number of hydrogen-bond acceptors (Lipinski definition) is 11. The molecule has 0 bridgehead atoms. The highest BCUT2D eigenvalue weighted by molar-refractivity contribution is 5.70. The Labute approximate surface area is 326 Å². The van der Waals surface area contributed by atoms with E-state index in [1.54, 1.807) is 20.8 Å². The molecule has 1 saturated heterocycles. The Bertz CT molecular complexity index is 1280. The first-order chi connectivity index (χ1) is 24.5. The first-order valence-electron chi connectivity index (χ1n) is 20.1. The summed E-state index contributed by atoms with van der Waals surface area (Å²) in [5.41, 5.74) is -3.18. The van der Waals surface area contributed by atoms with Crippen LogP contribution < -0.4 is 5.32 Å². The minimum absolute atomic E-state index is 0.00216. The van der Waals surface area contributed by atoms with Gasteiger partial charge in [-0.25, -0.2) is 4.79 Å². The summed E-state index contributed by atoms with van der Waals surface area (Å²) in [6, 6.07) is -1.04.